The highest BCUT2D eigenvalue weighted by atomic mass is 16.4. The first-order valence-corrected chi connectivity index (χ1v) is 9.50. The second kappa shape index (κ2) is 8.23. The SMILES string of the molecule is O=C(O)c1ccc(N2CCN(Cc3ccccc3-c3cccnc3)CC2)cc1. The maximum Gasteiger partial charge on any atom is 0.335 e. The van der Waals surface area contributed by atoms with Crippen LogP contribution in [0, 0.1) is 0 Å². The van der Waals surface area contributed by atoms with Gasteiger partial charge < -0.3 is 10.0 Å². The average molecular weight is 373 g/mol. The molecule has 5 nitrogen and oxygen atoms in total. The Bertz CT molecular complexity index is 934. The van der Waals surface area contributed by atoms with E-state index in [1.54, 1.807) is 18.3 Å². The van der Waals surface area contributed by atoms with Crippen LogP contribution in [0.2, 0.25) is 0 Å². The molecule has 1 N–H and O–H groups in total. The molecule has 1 aliphatic heterocycles. The number of carboxylic acids is 1. The van der Waals surface area contributed by atoms with Crippen LogP contribution in [0.1, 0.15) is 15.9 Å². The number of pyridine rings is 1. The number of hydrogen-bond donors (Lipinski definition) is 1. The molecule has 0 radical (unpaired) electrons. The first-order chi connectivity index (χ1) is 13.7. The Morgan fingerprint density at radius 2 is 1.68 bits per heavy atom. The fourth-order valence-electron chi connectivity index (χ4n) is 3.68. The van der Waals surface area contributed by atoms with E-state index in [-0.39, 0.29) is 0 Å². The maximum atomic E-state index is 11.0. The monoisotopic (exact) mass is 373 g/mol. The summed E-state index contributed by atoms with van der Waals surface area (Å²) in [7, 11) is 0. The molecule has 1 aromatic heterocycles. The van der Waals surface area contributed by atoms with E-state index in [1.165, 1.54) is 11.1 Å². The minimum Gasteiger partial charge on any atom is -0.478 e. The lowest BCUT2D eigenvalue weighted by Gasteiger charge is -2.36. The zero-order valence-corrected chi connectivity index (χ0v) is 15.7. The summed E-state index contributed by atoms with van der Waals surface area (Å²) in [4.78, 5) is 20.0. The summed E-state index contributed by atoms with van der Waals surface area (Å²) < 4.78 is 0. The van der Waals surface area contributed by atoms with Gasteiger partial charge in [-0.2, -0.15) is 0 Å². The molecule has 1 aliphatic rings. The molecule has 1 saturated heterocycles. The minimum atomic E-state index is -0.886. The lowest BCUT2D eigenvalue weighted by Crippen LogP contribution is -2.46. The van der Waals surface area contributed by atoms with E-state index in [1.807, 2.05) is 24.4 Å². The summed E-state index contributed by atoms with van der Waals surface area (Å²) in [6.45, 7) is 4.73. The van der Waals surface area contributed by atoms with Crippen LogP contribution in [0.3, 0.4) is 0 Å². The van der Waals surface area contributed by atoms with Crippen molar-refractivity contribution < 1.29 is 9.90 Å². The molecule has 5 heteroatoms. The third kappa shape index (κ3) is 4.05. The number of piperazine rings is 1. The van der Waals surface area contributed by atoms with Crippen molar-refractivity contribution in [1.29, 1.82) is 0 Å². The molecule has 3 aromatic rings. The van der Waals surface area contributed by atoms with Crippen LogP contribution in [-0.4, -0.2) is 47.1 Å². The molecule has 28 heavy (non-hydrogen) atoms. The van der Waals surface area contributed by atoms with Gasteiger partial charge in [-0.15, -0.1) is 0 Å². The Hall–Kier alpha value is -3.18. The van der Waals surface area contributed by atoms with Crippen molar-refractivity contribution in [3.05, 3.63) is 84.2 Å². The van der Waals surface area contributed by atoms with E-state index >= 15 is 0 Å². The summed E-state index contributed by atoms with van der Waals surface area (Å²) in [6.07, 6.45) is 3.71. The number of anilines is 1. The zero-order chi connectivity index (χ0) is 19.3. The molecule has 0 spiro atoms. The molecule has 0 atom stereocenters. The molecular weight excluding hydrogens is 350 g/mol. The van der Waals surface area contributed by atoms with Gasteiger partial charge in [0.25, 0.3) is 0 Å². The maximum absolute atomic E-state index is 11.0. The van der Waals surface area contributed by atoms with E-state index in [2.05, 4.69) is 45.1 Å². The van der Waals surface area contributed by atoms with Crippen LogP contribution in [0.4, 0.5) is 5.69 Å². The largest absolute Gasteiger partial charge is 0.478 e. The van der Waals surface area contributed by atoms with Gasteiger partial charge in [-0.1, -0.05) is 30.3 Å². The number of nitrogens with zero attached hydrogens (tertiary/aromatic N) is 3. The predicted octanol–water partition coefficient (Wildman–Crippen LogP) is 3.77. The Kier molecular flexibility index (Phi) is 5.35. The van der Waals surface area contributed by atoms with Crippen molar-refractivity contribution in [2.75, 3.05) is 31.1 Å². The van der Waals surface area contributed by atoms with Crippen molar-refractivity contribution in [2.24, 2.45) is 0 Å². The highest BCUT2D eigenvalue weighted by Crippen LogP contribution is 2.25. The lowest BCUT2D eigenvalue weighted by molar-refractivity contribution is 0.0697. The first kappa shape index (κ1) is 18.2. The Balaban J connectivity index is 1.41. The topological polar surface area (TPSA) is 56.7 Å². The van der Waals surface area contributed by atoms with Gasteiger partial charge in [0, 0.05) is 56.4 Å². The van der Waals surface area contributed by atoms with E-state index in [0.29, 0.717) is 5.56 Å². The first-order valence-electron chi connectivity index (χ1n) is 9.50. The second-order valence-corrected chi connectivity index (χ2v) is 7.01. The fourth-order valence-corrected chi connectivity index (χ4v) is 3.68. The normalized spacial score (nSPS) is 14.8. The van der Waals surface area contributed by atoms with Crippen LogP contribution >= 0.6 is 0 Å². The van der Waals surface area contributed by atoms with Crippen molar-refractivity contribution in [1.82, 2.24) is 9.88 Å². The molecule has 2 heterocycles. The van der Waals surface area contributed by atoms with Crippen molar-refractivity contribution >= 4 is 11.7 Å². The van der Waals surface area contributed by atoms with E-state index in [9.17, 15) is 4.79 Å². The summed E-state index contributed by atoms with van der Waals surface area (Å²) in [6, 6.07) is 19.7. The summed E-state index contributed by atoms with van der Waals surface area (Å²) in [5, 5.41) is 9.04. The smallest absolute Gasteiger partial charge is 0.335 e. The molecular formula is C23H23N3O2. The molecule has 0 saturated carbocycles. The van der Waals surface area contributed by atoms with Crippen molar-refractivity contribution in [3.8, 4) is 11.1 Å². The van der Waals surface area contributed by atoms with Crippen LogP contribution in [0.25, 0.3) is 11.1 Å². The number of carboxylic acid groups (broad SMARTS) is 1. The molecule has 0 bridgehead atoms. The van der Waals surface area contributed by atoms with Gasteiger partial charge in [-0.25, -0.2) is 4.79 Å². The predicted molar refractivity (Wildman–Crippen MR) is 111 cm³/mol. The Morgan fingerprint density at radius 1 is 0.929 bits per heavy atom. The molecule has 0 aliphatic carbocycles. The highest BCUT2D eigenvalue weighted by Gasteiger charge is 2.18. The number of aromatic nitrogens is 1. The standard InChI is InChI=1S/C23H23N3O2/c27-23(28)18-7-9-21(10-8-18)26-14-12-25(13-15-26)17-20-4-1-2-6-22(20)19-5-3-11-24-16-19/h1-11,16H,12-15,17H2,(H,27,28). The second-order valence-electron chi connectivity index (χ2n) is 7.01. The summed E-state index contributed by atoms with van der Waals surface area (Å²) >= 11 is 0. The number of rotatable bonds is 5. The Labute approximate surface area is 164 Å². The van der Waals surface area contributed by atoms with E-state index in [0.717, 1.165) is 44.0 Å². The van der Waals surface area contributed by atoms with Crippen LogP contribution in [0.5, 0.6) is 0 Å². The fraction of sp³-hybridized carbons (Fsp3) is 0.217. The van der Waals surface area contributed by atoms with Crippen LogP contribution in [0.15, 0.2) is 73.1 Å². The van der Waals surface area contributed by atoms with Crippen LogP contribution in [-0.2, 0) is 6.54 Å². The van der Waals surface area contributed by atoms with Gasteiger partial charge in [-0.3, -0.25) is 9.88 Å². The number of benzene rings is 2. The Morgan fingerprint density at radius 3 is 2.36 bits per heavy atom. The van der Waals surface area contributed by atoms with E-state index in [4.69, 9.17) is 5.11 Å². The van der Waals surface area contributed by atoms with Crippen molar-refractivity contribution in [2.45, 2.75) is 6.54 Å². The van der Waals surface area contributed by atoms with Crippen molar-refractivity contribution in [3.63, 3.8) is 0 Å². The minimum absolute atomic E-state index is 0.328. The van der Waals surface area contributed by atoms with Gasteiger partial charge in [-0.05, 0) is 41.5 Å². The molecule has 0 unspecified atom stereocenters. The number of hydrogen-bond acceptors (Lipinski definition) is 4. The van der Waals surface area contributed by atoms with Crippen LogP contribution < -0.4 is 4.90 Å². The van der Waals surface area contributed by atoms with Gasteiger partial charge in [0.2, 0.25) is 0 Å². The zero-order valence-electron chi connectivity index (χ0n) is 15.7. The van der Waals surface area contributed by atoms with E-state index < -0.39 is 5.97 Å². The number of aromatic carboxylic acids is 1. The van der Waals surface area contributed by atoms with Gasteiger partial charge >= 0.3 is 5.97 Å². The van der Waals surface area contributed by atoms with Gasteiger partial charge in [0.05, 0.1) is 5.56 Å². The number of carbonyl (C=O) groups is 1. The van der Waals surface area contributed by atoms with Gasteiger partial charge in [0.1, 0.15) is 0 Å². The third-order valence-corrected chi connectivity index (χ3v) is 5.24. The third-order valence-electron chi connectivity index (χ3n) is 5.24. The highest BCUT2D eigenvalue weighted by molar-refractivity contribution is 5.88. The molecule has 1 fully saturated rings. The molecule has 2 aromatic carbocycles. The summed E-state index contributed by atoms with van der Waals surface area (Å²) in [5.74, 6) is -0.886. The quantitative estimate of drug-likeness (QED) is 0.738. The molecule has 142 valence electrons. The summed E-state index contributed by atoms with van der Waals surface area (Å²) in [5.41, 5.74) is 5.11. The lowest BCUT2D eigenvalue weighted by atomic mass is 10.0. The van der Waals surface area contributed by atoms with Gasteiger partial charge in [0.15, 0.2) is 0 Å². The molecule has 0 amide bonds. The molecule has 4 rings (SSSR count). The average Bonchev–Trinajstić information content (AvgIpc) is 2.75.